The van der Waals surface area contributed by atoms with Gasteiger partial charge in [-0.2, -0.15) is 29.5 Å². The van der Waals surface area contributed by atoms with Gasteiger partial charge >= 0.3 is 12.1 Å². The van der Waals surface area contributed by atoms with E-state index in [9.17, 15) is 18.0 Å². The van der Waals surface area contributed by atoms with Crippen LogP contribution in [0.1, 0.15) is 22.8 Å². The largest absolute Gasteiger partial charge is 0.480 e. The van der Waals surface area contributed by atoms with E-state index in [0.29, 0.717) is 33.6 Å². The molecule has 0 aliphatic carbocycles. The van der Waals surface area contributed by atoms with Crippen LogP contribution in [-0.2, 0) is 11.2 Å². The fourth-order valence-electron chi connectivity index (χ4n) is 4.53. The first kappa shape index (κ1) is 29.7. The molecular weight excluding hydrogens is 577 g/mol. The summed E-state index contributed by atoms with van der Waals surface area (Å²) >= 11 is 1.41. The van der Waals surface area contributed by atoms with E-state index in [4.69, 9.17) is 15.6 Å². The van der Waals surface area contributed by atoms with E-state index in [-0.39, 0.29) is 23.8 Å². The number of carboxylic acids is 1. The van der Waals surface area contributed by atoms with Crippen LogP contribution in [0.4, 0.5) is 24.8 Å². The molecule has 4 N–H and O–H groups in total. The average molecular weight is 605 g/mol. The number of benzene rings is 3. The lowest BCUT2D eigenvalue weighted by molar-refractivity contribution is -0.198. The molecule has 2 aromatic heterocycles. The van der Waals surface area contributed by atoms with Gasteiger partial charge in [0.1, 0.15) is 6.04 Å². The number of aryl methyl sites for hydroxylation is 1. The number of carboxylic acid groups (broad SMARTS) is 1. The smallest absolute Gasteiger partial charge is 0.429 e. The minimum Gasteiger partial charge on any atom is -0.480 e. The highest BCUT2D eigenvalue weighted by Crippen LogP contribution is 2.42. The summed E-state index contributed by atoms with van der Waals surface area (Å²) in [5, 5.41) is 15.8. The minimum absolute atomic E-state index is 0.0339. The van der Waals surface area contributed by atoms with Crippen molar-refractivity contribution in [2.45, 2.75) is 31.7 Å². The molecule has 0 spiro atoms. The van der Waals surface area contributed by atoms with Gasteiger partial charge in [-0.25, -0.2) is 4.98 Å². The second kappa shape index (κ2) is 12.6. The van der Waals surface area contributed by atoms with Crippen molar-refractivity contribution in [3.8, 4) is 28.3 Å². The number of hydrogen-bond acceptors (Lipinski definition) is 7. The molecule has 2 heterocycles. The Morgan fingerprint density at radius 1 is 0.977 bits per heavy atom. The van der Waals surface area contributed by atoms with Gasteiger partial charge in [0, 0.05) is 22.9 Å². The monoisotopic (exact) mass is 604 g/mol. The Bertz CT molecular complexity index is 1710. The van der Waals surface area contributed by atoms with Crippen LogP contribution < -0.4 is 15.8 Å². The Kier molecular flexibility index (Phi) is 8.74. The average Bonchev–Trinajstić information content (AvgIpc) is 3.41. The van der Waals surface area contributed by atoms with Crippen molar-refractivity contribution in [2.24, 2.45) is 5.73 Å². The van der Waals surface area contributed by atoms with Crippen LogP contribution in [0, 0.1) is 6.92 Å². The maximum Gasteiger partial charge on any atom is 0.429 e. The zero-order valence-electron chi connectivity index (χ0n) is 22.9. The summed E-state index contributed by atoms with van der Waals surface area (Å²) in [7, 11) is 0. The van der Waals surface area contributed by atoms with E-state index in [2.05, 4.69) is 15.3 Å². The van der Waals surface area contributed by atoms with Crippen LogP contribution in [0.15, 0.2) is 95.7 Å². The maximum absolute atomic E-state index is 14.7. The first-order valence-electron chi connectivity index (χ1n) is 13.2. The van der Waals surface area contributed by atoms with E-state index >= 15 is 0 Å². The van der Waals surface area contributed by atoms with Crippen molar-refractivity contribution in [3.05, 3.63) is 112 Å². The lowest BCUT2D eigenvalue weighted by Gasteiger charge is -2.24. The van der Waals surface area contributed by atoms with Crippen LogP contribution in [-0.4, -0.2) is 33.3 Å². The summed E-state index contributed by atoms with van der Waals surface area (Å²) in [6.45, 7) is 1.85. The van der Waals surface area contributed by atoms with Gasteiger partial charge in [-0.15, -0.1) is 0 Å². The van der Waals surface area contributed by atoms with E-state index in [1.165, 1.54) is 23.5 Å². The number of halogens is 3. The van der Waals surface area contributed by atoms with Crippen molar-refractivity contribution in [1.82, 2.24) is 9.97 Å². The van der Waals surface area contributed by atoms with E-state index < -0.39 is 24.3 Å². The van der Waals surface area contributed by atoms with E-state index in [1.54, 1.807) is 66.7 Å². The summed E-state index contributed by atoms with van der Waals surface area (Å²) < 4.78 is 49.7. The molecule has 5 rings (SSSR count). The first-order valence-corrected chi connectivity index (χ1v) is 14.2. The topological polar surface area (TPSA) is 110 Å². The number of aliphatic carboxylic acids is 1. The normalized spacial score (nSPS) is 12.9. The highest BCUT2D eigenvalue weighted by Gasteiger charge is 2.44. The van der Waals surface area contributed by atoms with Crippen molar-refractivity contribution in [3.63, 3.8) is 0 Å². The molecule has 0 aliphatic heterocycles. The maximum atomic E-state index is 14.7. The number of alkyl halides is 3. The second-order valence-electron chi connectivity index (χ2n) is 9.85. The predicted molar refractivity (Wildman–Crippen MR) is 160 cm³/mol. The summed E-state index contributed by atoms with van der Waals surface area (Å²) in [5.74, 6) is -1.36. The molecule has 5 aromatic rings. The lowest BCUT2D eigenvalue weighted by Crippen LogP contribution is -2.32. The number of hydrogen-bond donors (Lipinski definition) is 3. The standard InChI is InChI=1S/C32H27F3N4O3S/c1-19-17-43-18-25(19)23-9-5-6-10-24(23)29(32(33,34)35)42-28-16-27(38-31(39-28)37-22-7-3-2-4-8-22)21-13-11-20(12-14-21)15-26(36)30(40)41/h2-14,16-18,26,29H,15,36H2,1H3,(H,40,41)(H,37,38,39). The molecule has 7 nitrogen and oxygen atoms in total. The third-order valence-electron chi connectivity index (χ3n) is 6.68. The zero-order chi connectivity index (χ0) is 30.6. The van der Waals surface area contributed by atoms with Crippen molar-refractivity contribution in [1.29, 1.82) is 0 Å². The van der Waals surface area contributed by atoms with Crippen molar-refractivity contribution in [2.75, 3.05) is 5.32 Å². The summed E-state index contributed by atoms with van der Waals surface area (Å²) in [6, 6.07) is 22.4. The molecule has 0 amide bonds. The molecule has 2 unspecified atom stereocenters. The number of nitrogens with one attached hydrogen (secondary N) is 1. The molecule has 0 saturated carbocycles. The molecule has 0 aliphatic rings. The Hall–Kier alpha value is -4.74. The number of carbonyl (C=O) groups is 1. The van der Waals surface area contributed by atoms with Gasteiger partial charge in [-0.1, -0.05) is 66.7 Å². The second-order valence-corrected chi connectivity index (χ2v) is 10.6. The number of aromatic nitrogens is 2. The number of ether oxygens (including phenoxy) is 1. The number of rotatable bonds is 10. The Labute approximate surface area is 249 Å². The van der Waals surface area contributed by atoms with E-state index in [0.717, 1.165) is 5.56 Å². The first-order chi connectivity index (χ1) is 20.6. The lowest BCUT2D eigenvalue weighted by atomic mass is 9.95. The highest BCUT2D eigenvalue weighted by atomic mass is 32.1. The number of nitrogens with zero attached hydrogens (tertiary/aromatic N) is 2. The summed E-state index contributed by atoms with van der Waals surface area (Å²) in [6.07, 6.45) is -6.96. The summed E-state index contributed by atoms with van der Waals surface area (Å²) in [5.41, 5.74) is 9.80. The van der Waals surface area contributed by atoms with Crippen LogP contribution in [0.2, 0.25) is 0 Å². The third-order valence-corrected chi connectivity index (χ3v) is 7.54. The van der Waals surface area contributed by atoms with Gasteiger partial charge in [-0.3, -0.25) is 4.79 Å². The fraction of sp³-hybridized carbons (Fsp3) is 0.156. The van der Waals surface area contributed by atoms with Gasteiger partial charge in [0.25, 0.3) is 0 Å². The van der Waals surface area contributed by atoms with Crippen LogP contribution in [0.3, 0.4) is 0 Å². The minimum atomic E-state index is -4.76. The molecule has 2 atom stereocenters. The SMILES string of the molecule is Cc1cscc1-c1ccccc1C(Oc1cc(-c2ccc(CC(N)C(=O)O)cc2)nc(Nc2ccccc2)n1)C(F)(F)F. The quantitative estimate of drug-likeness (QED) is 0.151. The van der Waals surface area contributed by atoms with Crippen LogP contribution >= 0.6 is 11.3 Å². The molecule has 220 valence electrons. The van der Waals surface area contributed by atoms with E-state index in [1.807, 2.05) is 23.8 Å². The Morgan fingerprint density at radius 2 is 1.67 bits per heavy atom. The van der Waals surface area contributed by atoms with Crippen LogP contribution in [0.5, 0.6) is 5.88 Å². The molecule has 0 fully saturated rings. The number of thiophene rings is 1. The fourth-order valence-corrected chi connectivity index (χ4v) is 5.38. The Morgan fingerprint density at radius 3 is 2.33 bits per heavy atom. The summed E-state index contributed by atoms with van der Waals surface area (Å²) in [4.78, 5) is 20.0. The van der Waals surface area contributed by atoms with Gasteiger partial charge in [0.05, 0.1) is 5.69 Å². The van der Waals surface area contributed by atoms with Crippen LogP contribution in [0.25, 0.3) is 22.4 Å². The highest BCUT2D eigenvalue weighted by molar-refractivity contribution is 7.08. The number of nitrogens with two attached hydrogens (primary N) is 1. The zero-order valence-corrected chi connectivity index (χ0v) is 23.7. The predicted octanol–water partition coefficient (Wildman–Crippen LogP) is 7.56. The third kappa shape index (κ3) is 7.19. The molecule has 43 heavy (non-hydrogen) atoms. The number of anilines is 2. The van der Waals surface area contributed by atoms with Gasteiger partial charge < -0.3 is 20.9 Å². The number of para-hydroxylation sites is 1. The van der Waals surface area contributed by atoms with Gasteiger partial charge in [0.2, 0.25) is 17.9 Å². The molecule has 3 aromatic carbocycles. The molecule has 0 radical (unpaired) electrons. The molecule has 0 bridgehead atoms. The molecule has 11 heteroatoms. The molecular formula is C32H27F3N4O3S. The van der Waals surface area contributed by atoms with Crippen molar-refractivity contribution < 1.29 is 27.8 Å². The van der Waals surface area contributed by atoms with Gasteiger partial charge in [-0.05, 0) is 58.5 Å². The van der Waals surface area contributed by atoms with Gasteiger partial charge in [0.15, 0.2) is 0 Å². The Balaban J connectivity index is 1.55. The van der Waals surface area contributed by atoms with Crippen molar-refractivity contribution >= 4 is 28.9 Å². The molecule has 0 saturated heterocycles.